The summed E-state index contributed by atoms with van der Waals surface area (Å²) in [6.45, 7) is 13.0. The predicted octanol–water partition coefficient (Wildman–Crippen LogP) is 2.43. The van der Waals surface area contributed by atoms with E-state index >= 15 is 0 Å². The monoisotopic (exact) mass is 283 g/mol. The molecule has 0 saturated heterocycles. The van der Waals surface area contributed by atoms with E-state index in [1.807, 2.05) is 26.2 Å². The van der Waals surface area contributed by atoms with Crippen molar-refractivity contribution in [1.82, 2.24) is 10.3 Å². The lowest BCUT2D eigenvalue weighted by molar-refractivity contribution is -0.122. The molecular weight excluding hydrogens is 258 g/mol. The first kappa shape index (κ1) is 16.1. The molecule has 1 aromatic rings. The summed E-state index contributed by atoms with van der Waals surface area (Å²) in [6, 6.07) is -0.354. The van der Waals surface area contributed by atoms with Gasteiger partial charge < -0.3 is 5.73 Å². The van der Waals surface area contributed by atoms with Gasteiger partial charge in [-0.05, 0) is 5.41 Å². The first-order valence-corrected chi connectivity index (χ1v) is 7.37. The van der Waals surface area contributed by atoms with Crippen LogP contribution in [0.15, 0.2) is 5.38 Å². The van der Waals surface area contributed by atoms with Crippen molar-refractivity contribution in [1.29, 1.82) is 0 Å². The molecule has 0 aromatic carbocycles. The van der Waals surface area contributed by atoms with Gasteiger partial charge in [-0.3, -0.25) is 10.1 Å². The summed E-state index contributed by atoms with van der Waals surface area (Å²) in [6.07, 6.45) is 0. The molecule has 1 aromatic heterocycles. The van der Waals surface area contributed by atoms with E-state index in [0.717, 1.165) is 10.7 Å². The number of carbonyl (C=O) groups excluding carboxylic acids is 1. The quantitative estimate of drug-likeness (QED) is 0.891. The van der Waals surface area contributed by atoms with Gasteiger partial charge in [-0.2, -0.15) is 0 Å². The summed E-state index contributed by atoms with van der Waals surface area (Å²) in [5.41, 5.74) is 6.27. The van der Waals surface area contributed by atoms with Crippen LogP contribution >= 0.6 is 11.3 Å². The van der Waals surface area contributed by atoms with E-state index in [0.29, 0.717) is 6.54 Å². The Kier molecular flexibility index (Phi) is 4.74. The summed E-state index contributed by atoms with van der Waals surface area (Å²) < 4.78 is 0. The van der Waals surface area contributed by atoms with Gasteiger partial charge in [-0.15, -0.1) is 11.3 Å². The second kappa shape index (κ2) is 5.59. The maximum absolute atomic E-state index is 11.5. The zero-order valence-electron chi connectivity index (χ0n) is 12.7. The SMILES string of the molecule is CC(C)(C)c1nc(CNC(C(N)=O)C(C)(C)C)cs1. The molecule has 5 heteroatoms. The van der Waals surface area contributed by atoms with Crippen LogP contribution in [0.25, 0.3) is 0 Å². The molecule has 0 saturated carbocycles. The van der Waals surface area contributed by atoms with E-state index < -0.39 is 0 Å². The van der Waals surface area contributed by atoms with Crippen molar-refractivity contribution < 1.29 is 4.79 Å². The number of nitrogens with one attached hydrogen (secondary N) is 1. The zero-order chi connectivity index (χ0) is 14.8. The van der Waals surface area contributed by atoms with Crippen LogP contribution < -0.4 is 11.1 Å². The van der Waals surface area contributed by atoms with Crippen LogP contribution in [-0.2, 0) is 16.8 Å². The topological polar surface area (TPSA) is 68.0 Å². The van der Waals surface area contributed by atoms with Gasteiger partial charge in [0.05, 0.1) is 16.7 Å². The fourth-order valence-corrected chi connectivity index (χ4v) is 2.68. The van der Waals surface area contributed by atoms with E-state index in [2.05, 4.69) is 31.1 Å². The smallest absolute Gasteiger partial charge is 0.235 e. The number of nitrogens with two attached hydrogens (primary N) is 1. The Balaban J connectivity index is 2.71. The van der Waals surface area contributed by atoms with Crippen LogP contribution in [0.3, 0.4) is 0 Å². The lowest BCUT2D eigenvalue weighted by Gasteiger charge is -2.28. The molecule has 19 heavy (non-hydrogen) atoms. The summed E-state index contributed by atoms with van der Waals surface area (Å²) in [5, 5.41) is 6.35. The Hall–Kier alpha value is -0.940. The number of hydrogen-bond donors (Lipinski definition) is 2. The van der Waals surface area contributed by atoms with Crippen LogP contribution in [0.5, 0.6) is 0 Å². The molecule has 0 radical (unpaired) electrons. The fraction of sp³-hybridized carbons (Fsp3) is 0.714. The normalized spacial score (nSPS) is 14.4. The molecular formula is C14H25N3OS. The maximum Gasteiger partial charge on any atom is 0.235 e. The van der Waals surface area contributed by atoms with Crippen molar-refractivity contribution >= 4 is 17.2 Å². The highest BCUT2D eigenvalue weighted by molar-refractivity contribution is 7.09. The molecule has 4 nitrogen and oxygen atoms in total. The summed E-state index contributed by atoms with van der Waals surface area (Å²) in [7, 11) is 0. The first-order chi connectivity index (χ1) is 8.51. The molecule has 0 bridgehead atoms. The van der Waals surface area contributed by atoms with Gasteiger partial charge in [-0.1, -0.05) is 41.5 Å². The number of rotatable bonds is 4. The molecule has 0 fully saturated rings. The molecule has 0 aliphatic rings. The van der Waals surface area contributed by atoms with E-state index in [4.69, 9.17) is 5.73 Å². The van der Waals surface area contributed by atoms with E-state index in [1.165, 1.54) is 0 Å². The number of aromatic nitrogens is 1. The van der Waals surface area contributed by atoms with Gasteiger partial charge in [0, 0.05) is 17.3 Å². The Labute approximate surface area is 119 Å². The summed E-state index contributed by atoms with van der Waals surface area (Å²) >= 11 is 1.66. The van der Waals surface area contributed by atoms with Crippen molar-refractivity contribution in [2.24, 2.45) is 11.1 Å². The van der Waals surface area contributed by atoms with E-state index in [-0.39, 0.29) is 22.8 Å². The molecule has 0 spiro atoms. The highest BCUT2D eigenvalue weighted by Crippen LogP contribution is 2.26. The molecule has 1 heterocycles. The zero-order valence-corrected chi connectivity index (χ0v) is 13.5. The standard InChI is InChI=1S/C14H25N3OS/c1-13(2,3)10(11(15)18)16-7-9-8-19-12(17-9)14(4,5)6/h8,10,16H,7H2,1-6H3,(H2,15,18). The number of nitrogens with zero attached hydrogens (tertiary/aromatic N) is 1. The van der Waals surface area contributed by atoms with Gasteiger partial charge in [-0.25, -0.2) is 4.98 Å². The number of thiazole rings is 1. The third-order valence-corrected chi connectivity index (χ3v) is 4.15. The number of hydrogen-bond acceptors (Lipinski definition) is 4. The third-order valence-electron chi connectivity index (χ3n) is 2.83. The second-order valence-electron chi connectivity index (χ2n) is 6.98. The number of primary amides is 1. The van der Waals surface area contributed by atoms with Crippen molar-refractivity contribution in [3.8, 4) is 0 Å². The maximum atomic E-state index is 11.5. The lowest BCUT2D eigenvalue weighted by Crippen LogP contribution is -2.49. The molecule has 3 N–H and O–H groups in total. The largest absolute Gasteiger partial charge is 0.368 e. The Morgan fingerprint density at radius 3 is 2.32 bits per heavy atom. The van der Waals surface area contributed by atoms with Gasteiger partial charge in [0.2, 0.25) is 5.91 Å². The molecule has 0 aliphatic heterocycles. The van der Waals surface area contributed by atoms with E-state index in [1.54, 1.807) is 11.3 Å². The first-order valence-electron chi connectivity index (χ1n) is 6.49. The lowest BCUT2D eigenvalue weighted by atomic mass is 9.86. The molecule has 1 rings (SSSR count). The minimum Gasteiger partial charge on any atom is -0.368 e. The highest BCUT2D eigenvalue weighted by Gasteiger charge is 2.29. The highest BCUT2D eigenvalue weighted by atomic mass is 32.1. The Bertz CT molecular complexity index is 440. The van der Waals surface area contributed by atoms with Crippen LogP contribution in [0.1, 0.15) is 52.2 Å². The minimum atomic E-state index is -0.354. The Morgan fingerprint density at radius 1 is 1.37 bits per heavy atom. The van der Waals surface area contributed by atoms with Gasteiger partial charge >= 0.3 is 0 Å². The van der Waals surface area contributed by atoms with Crippen molar-refractivity contribution in [3.05, 3.63) is 16.1 Å². The number of amides is 1. The summed E-state index contributed by atoms with van der Waals surface area (Å²) in [4.78, 5) is 16.1. The summed E-state index contributed by atoms with van der Waals surface area (Å²) in [5.74, 6) is -0.321. The number of carbonyl (C=O) groups is 1. The molecule has 1 atom stereocenters. The van der Waals surface area contributed by atoms with Crippen LogP contribution in [0.4, 0.5) is 0 Å². The molecule has 1 unspecified atom stereocenters. The van der Waals surface area contributed by atoms with Crippen molar-refractivity contribution in [2.45, 2.75) is 59.5 Å². The fourth-order valence-electron chi connectivity index (χ4n) is 1.77. The van der Waals surface area contributed by atoms with Crippen molar-refractivity contribution in [2.75, 3.05) is 0 Å². The molecule has 0 aliphatic carbocycles. The Morgan fingerprint density at radius 2 is 1.95 bits per heavy atom. The average molecular weight is 283 g/mol. The van der Waals surface area contributed by atoms with Gasteiger partial charge in [0.1, 0.15) is 0 Å². The van der Waals surface area contributed by atoms with Crippen LogP contribution in [-0.4, -0.2) is 16.9 Å². The van der Waals surface area contributed by atoms with E-state index in [9.17, 15) is 4.79 Å². The molecule has 1 amide bonds. The third kappa shape index (κ3) is 4.58. The second-order valence-corrected chi connectivity index (χ2v) is 7.83. The van der Waals surface area contributed by atoms with Gasteiger partial charge in [0.15, 0.2) is 0 Å². The van der Waals surface area contributed by atoms with Crippen LogP contribution in [0.2, 0.25) is 0 Å². The predicted molar refractivity (Wildman–Crippen MR) is 80.1 cm³/mol. The minimum absolute atomic E-state index is 0.0655. The average Bonchev–Trinajstić information content (AvgIpc) is 2.62. The van der Waals surface area contributed by atoms with Crippen LogP contribution in [0, 0.1) is 5.41 Å². The van der Waals surface area contributed by atoms with Crippen molar-refractivity contribution in [3.63, 3.8) is 0 Å². The molecule has 108 valence electrons. The van der Waals surface area contributed by atoms with Gasteiger partial charge in [0.25, 0.3) is 0 Å².